The molecule has 2 aliphatic rings. The third-order valence-electron chi connectivity index (χ3n) is 6.17. The van der Waals surface area contributed by atoms with Gasteiger partial charge in [-0.1, -0.05) is 18.2 Å². The Bertz CT molecular complexity index is 829. The average Bonchev–Trinajstić information content (AvgIpc) is 3.16. The van der Waals surface area contributed by atoms with Gasteiger partial charge in [-0.2, -0.15) is 0 Å². The fourth-order valence-corrected chi connectivity index (χ4v) is 4.71. The summed E-state index contributed by atoms with van der Waals surface area (Å²) in [7, 11) is 1.71. The monoisotopic (exact) mass is 394 g/mol. The molecule has 0 radical (unpaired) electrons. The first-order valence-electron chi connectivity index (χ1n) is 10.4. The number of carbonyl (C=O) groups excluding carboxylic acids is 1. The zero-order chi connectivity index (χ0) is 20.1. The minimum absolute atomic E-state index is 0.0376. The summed E-state index contributed by atoms with van der Waals surface area (Å²) in [6.45, 7) is 5.32. The van der Waals surface area contributed by atoms with E-state index in [2.05, 4.69) is 33.4 Å². The molecule has 4 rings (SSSR count). The van der Waals surface area contributed by atoms with E-state index in [1.165, 1.54) is 18.4 Å². The van der Waals surface area contributed by atoms with Crippen LogP contribution in [-0.2, 0) is 13.1 Å². The van der Waals surface area contributed by atoms with Crippen molar-refractivity contribution in [3.8, 4) is 5.75 Å². The lowest BCUT2D eigenvalue weighted by Crippen LogP contribution is -2.46. The number of pyridine rings is 1. The van der Waals surface area contributed by atoms with Gasteiger partial charge in [0.2, 0.25) is 0 Å². The van der Waals surface area contributed by atoms with E-state index in [0.717, 1.165) is 50.5 Å². The van der Waals surface area contributed by atoms with Crippen LogP contribution in [0, 0.1) is 5.41 Å². The summed E-state index contributed by atoms with van der Waals surface area (Å²) < 4.78 is 5.36. The number of methoxy groups -OCH3 is 1. The molecule has 0 unspecified atom stereocenters. The summed E-state index contributed by atoms with van der Waals surface area (Å²) >= 11 is 0. The number of rotatable bonds is 5. The van der Waals surface area contributed by atoms with Crippen LogP contribution >= 0.6 is 0 Å². The maximum absolute atomic E-state index is 12.7. The standard InChI is InChI=1S/C23H30N4O2/c1-29-21-7-2-5-19(13-21)16-26-11-4-8-23(17-26)9-12-27(18-23)22(28)25-15-20-6-3-10-24-14-20/h2-3,5-7,10,13-14H,4,8-9,11-12,15-18H2,1H3,(H,25,28)/t23-/m0/s1. The van der Waals surface area contributed by atoms with Gasteiger partial charge in [0.1, 0.15) is 5.75 Å². The van der Waals surface area contributed by atoms with Gasteiger partial charge < -0.3 is 15.0 Å². The molecule has 2 fully saturated rings. The fraction of sp³-hybridized carbons (Fsp3) is 0.478. The van der Waals surface area contributed by atoms with E-state index in [-0.39, 0.29) is 11.4 Å². The number of aromatic nitrogens is 1. The molecule has 1 spiro atoms. The highest BCUT2D eigenvalue weighted by Crippen LogP contribution is 2.39. The van der Waals surface area contributed by atoms with E-state index in [4.69, 9.17) is 4.74 Å². The average molecular weight is 395 g/mol. The first-order valence-corrected chi connectivity index (χ1v) is 10.4. The van der Waals surface area contributed by atoms with Crippen molar-refractivity contribution in [2.24, 2.45) is 5.41 Å². The summed E-state index contributed by atoms with van der Waals surface area (Å²) in [6, 6.07) is 12.2. The molecular formula is C23H30N4O2. The molecule has 29 heavy (non-hydrogen) atoms. The van der Waals surface area contributed by atoms with Gasteiger partial charge in [-0.3, -0.25) is 9.88 Å². The van der Waals surface area contributed by atoms with Crippen molar-refractivity contribution in [3.63, 3.8) is 0 Å². The second-order valence-corrected chi connectivity index (χ2v) is 8.36. The highest BCUT2D eigenvalue weighted by atomic mass is 16.5. The summed E-state index contributed by atoms with van der Waals surface area (Å²) in [5.74, 6) is 0.909. The van der Waals surface area contributed by atoms with Gasteiger partial charge in [0.05, 0.1) is 7.11 Å². The van der Waals surface area contributed by atoms with Gasteiger partial charge in [-0.15, -0.1) is 0 Å². The molecule has 2 amide bonds. The maximum atomic E-state index is 12.7. The van der Waals surface area contributed by atoms with Crippen molar-refractivity contribution in [1.29, 1.82) is 0 Å². The van der Waals surface area contributed by atoms with Gasteiger partial charge >= 0.3 is 6.03 Å². The molecule has 1 aromatic heterocycles. The van der Waals surface area contributed by atoms with Crippen LogP contribution in [0.15, 0.2) is 48.8 Å². The molecule has 0 aliphatic carbocycles. The number of urea groups is 1. The molecule has 154 valence electrons. The number of likely N-dealkylation sites (tertiary alicyclic amines) is 2. The number of hydrogen-bond donors (Lipinski definition) is 1. The third-order valence-corrected chi connectivity index (χ3v) is 6.17. The molecular weight excluding hydrogens is 364 g/mol. The molecule has 1 atom stereocenters. The molecule has 2 aromatic rings. The van der Waals surface area contributed by atoms with Gasteiger partial charge in [0.25, 0.3) is 0 Å². The first-order chi connectivity index (χ1) is 14.2. The van der Waals surface area contributed by atoms with Crippen molar-refractivity contribution in [2.75, 3.05) is 33.3 Å². The fourth-order valence-electron chi connectivity index (χ4n) is 4.71. The van der Waals surface area contributed by atoms with E-state index in [9.17, 15) is 4.79 Å². The summed E-state index contributed by atoms with van der Waals surface area (Å²) in [4.78, 5) is 21.3. The Labute approximate surface area is 172 Å². The van der Waals surface area contributed by atoms with Crippen LogP contribution in [0.4, 0.5) is 4.79 Å². The minimum atomic E-state index is 0.0376. The molecule has 1 aromatic carbocycles. The second-order valence-electron chi connectivity index (χ2n) is 8.36. The Hall–Kier alpha value is -2.60. The lowest BCUT2D eigenvalue weighted by Gasteiger charge is -2.40. The number of ether oxygens (including phenoxy) is 1. The van der Waals surface area contributed by atoms with Crippen LogP contribution < -0.4 is 10.1 Å². The van der Waals surface area contributed by atoms with E-state index < -0.39 is 0 Å². The number of carbonyl (C=O) groups is 1. The predicted octanol–water partition coefficient (Wildman–Crippen LogP) is 3.29. The molecule has 6 heteroatoms. The maximum Gasteiger partial charge on any atom is 0.317 e. The Morgan fingerprint density at radius 1 is 1.17 bits per heavy atom. The summed E-state index contributed by atoms with van der Waals surface area (Å²) in [6.07, 6.45) is 7.02. The molecule has 0 saturated carbocycles. The quantitative estimate of drug-likeness (QED) is 0.846. The first kappa shape index (κ1) is 19.7. The SMILES string of the molecule is COc1cccc(CN2CCC[C@]3(CCN(C(=O)NCc4cccnc4)C3)C2)c1. The Morgan fingerprint density at radius 3 is 2.90 bits per heavy atom. The molecule has 0 bridgehead atoms. The molecule has 1 N–H and O–H groups in total. The van der Waals surface area contributed by atoms with Crippen molar-refractivity contribution in [1.82, 2.24) is 20.1 Å². The van der Waals surface area contributed by atoms with Crippen LogP contribution in [0.1, 0.15) is 30.4 Å². The lowest BCUT2D eigenvalue weighted by atomic mass is 9.79. The highest BCUT2D eigenvalue weighted by Gasteiger charge is 2.42. The molecule has 2 aliphatic heterocycles. The summed E-state index contributed by atoms with van der Waals surface area (Å²) in [5.41, 5.74) is 2.53. The number of benzene rings is 1. The van der Waals surface area contributed by atoms with Crippen molar-refractivity contribution in [3.05, 3.63) is 59.9 Å². The predicted molar refractivity (Wildman–Crippen MR) is 113 cm³/mol. The van der Waals surface area contributed by atoms with Gasteiger partial charge in [-0.05, 0) is 55.1 Å². The van der Waals surface area contributed by atoms with Crippen LogP contribution in [-0.4, -0.2) is 54.1 Å². The smallest absolute Gasteiger partial charge is 0.317 e. The lowest BCUT2D eigenvalue weighted by molar-refractivity contribution is 0.0897. The van der Waals surface area contributed by atoms with Crippen LogP contribution in [0.5, 0.6) is 5.75 Å². The van der Waals surface area contributed by atoms with E-state index >= 15 is 0 Å². The number of hydrogen-bond acceptors (Lipinski definition) is 4. The largest absolute Gasteiger partial charge is 0.497 e. The minimum Gasteiger partial charge on any atom is -0.497 e. The highest BCUT2D eigenvalue weighted by molar-refractivity contribution is 5.74. The summed E-state index contributed by atoms with van der Waals surface area (Å²) in [5, 5.41) is 3.05. The van der Waals surface area contributed by atoms with Crippen LogP contribution in [0.3, 0.4) is 0 Å². The van der Waals surface area contributed by atoms with Crippen LogP contribution in [0.2, 0.25) is 0 Å². The number of nitrogens with one attached hydrogen (secondary N) is 1. The molecule has 6 nitrogen and oxygen atoms in total. The van der Waals surface area contributed by atoms with Crippen LogP contribution in [0.25, 0.3) is 0 Å². The second kappa shape index (κ2) is 8.82. The van der Waals surface area contributed by atoms with E-state index in [0.29, 0.717) is 6.54 Å². The van der Waals surface area contributed by atoms with E-state index in [1.807, 2.05) is 23.1 Å². The van der Waals surface area contributed by atoms with E-state index in [1.54, 1.807) is 19.5 Å². The third kappa shape index (κ3) is 4.88. The Morgan fingerprint density at radius 2 is 2.07 bits per heavy atom. The molecule has 3 heterocycles. The Kier molecular flexibility index (Phi) is 6.00. The van der Waals surface area contributed by atoms with Gasteiger partial charge in [0.15, 0.2) is 0 Å². The van der Waals surface area contributed by atoms with Gasteiger partial charge in [0, 0.05) is 50.5 Å². The molecule has 2 saturated heterocycles. The van der Waals surface area contributed by atoms with Crippen molar-refractivity contribution < 1.29 is 9.53 Å². The Balaban J connectivity index is 1.32. The number of nitrogens with zero attached hydrogens (tertiary/aromatic N) is 3. The van der Waals surface area contributed by atoms with Gasteiger partial charge in [-0.25, -0.2) is 4.79 Å². The van der Waals surface area contributed by atoms with Crippen molar-refractivity contribution in [2.45, 2.75) is 32.4 Å². The number of amides is 2. The number of piperidine rings is 1. The zero-order valence-electron chi connectivity index (χ0n) is 17.1. The topological polar surface area (TPSA) is 57.7 Å². The van der Waals surface area contributed by atoms with Crippen molar-refractivity contribution >= 4 is 6.03 Å². The normalized spacial score (nSPS) is 22.0. The zero-order valence-corrected chi connectivity index (χ0v) is 17.1.